The highest BCUT2D eigenvalue weighted by molar-refractivity contribution is 7.77. The Morgan fingerprint density at radius 1 is 1.07 bits per heavy atom. The maximum absolute atomic E-state index is 10.9. The van der Waals surface area contributed by atoms with Crippen LogP contribution in [-0.2, 0) is 11.3 Å². The van der Waals surface area contributed by atoms with Gasteiger partial charge in [-0.3, -0.25) is 4.55 Å². The van der Waals surface area contributed by atoms with Gasteiger partial charge in [-0.15, -0.1) is 0 Å². The van der Waals surface area contributed by atoms with Crippen LogP contribution in [0, 0.1) is 17.8 Å². The SMILES string of the molecule is O=S(O)NC12CC3CC(CC(C3)C1)C2. The summed E-state index contributed by atoms with van der Waals surface area (Å²) in [6.45, 7) is 0. The molecule has 0 heterocycles. The predicted molar refractivity (Wildman–Crippen MR) is 54.8 cm³/mol. The van der Waals surface area contributed by atoms with Gasteiger partial charge in [0.2, 0.25) is 11.3 Å². The van der Waals surface area contributed by atoms with E-state index in [0.29, 0.717) is 0 Å². The summed E-state index contributed by atoms with van der Waals surface area (Å²) in [5.74, 6) is 2.49. The first kappa shape index (κ1) is 9.31. The fourth-order valence-electron chi connectivity index (χ4n) is 4.42. The molecule has 4 fully saturated rings. The lowest BCUT2D eigenvalue weighted by Crippen LogP contribution is -2.58. The molecule has 4 heteroatoms. The zero-order chi connectivity index (χ0) is 9.76. The molecule has 80 valence electrons. The van der Waals surface area contributed by atoms with Crippen LogP contribution in [0.5, 0.6) is 0 Å². The topological polar surface area (TPSA) is 49.3 Å². The molecule has 1 atom stereocenters. The molecule has 0 saturated heterocycles. The number of hydrogen-bond acceptors (Lipinski definition) is 1. The van der Waals surface area contributed by atoms with Crippen LogP contribution in [0.15, 0.2) is 0 Å². The summed E-state index contributed by atoms with van der Waals surface area (Å²) in [6, 6.07) is 0. The lowest BCUT2D eigenvalue weighted by atomic mass is 9.53. The zero-order valence-electron chi connectivity index (χ0n) is 8.24. The Morgan fingerprint density at radius 3 is 1.86 bits per heavy atom. The Hall–Kier alpha value is 0.0700. The average molecular weight is 215 g/mol. The summed E-state index contributed by atoms with van der Waals surface area (Å²) in [7, 11) is 0. The van der Waals surface area contributed by atoms with Gasteiger partial charge in [0.15, 0.2) is 0 Å². The van der Waals surface area contributed by atoms with E-state index >= 15 is 0 Å². The average Bonchev–Trinajstić information content (AvgIpc) is 1.96. The van der Waals surface area contributed by atoms with E-state index in [1.807, 2.05) is 0 Å². The van der Waals surface area contributed by atoms with Crippen molar-refractivity contribution >= 4 is 11.3 Å². The molecule has 0 aliphatic heterocycles. The van der Waals surface area contributed by atoms with Crippen LogP contribution in [0.2, 0.25) is 0 Å². The van der Waals surface area contributed by atoms with Crippen LogP contribution in [-0.4, -0.2) is 14.3 Å². The van der Waals surface area contributed by atoms with E-state index in [1.165, 1.54) is 19.3 Å². The fraction of sp³-hybridized carbons (Fsp3) is 1.00. The van der Waals surface area contributed by atoms with Crippen molar-refractivity contribution in [2.24, 2.45) is 17.8 Å². The first-order chi connectivity index (χ1) is 6.65. The lowest BCUT2D eigenvalue weighted by Gasteiger charge is -2.56. The van der Waals surface area contributed by atoms with Gasteiger partial charge in [0.1, 0.15) is 0 Å². The van der Waals surface area contributed by atoms with Crippen LogP contribution in [0.4, 0.5) is 0 Å². The molecule has 0 radical (unpaired) electrons. The molecule has 2 N–H and O–H groups in total. The first-order valence-electron chi connectivity index (χ1n) is 5.54. The molecule has 4 aliphatic carbocycles. The van der Waals surface area contributed by atoms with Crippen molar-refractivity contribution in [1.29, 1.82) is 0 Å². The molecule has 4 rings (SSSR count). The predicted octanol–water partition coefficient (Wildman–Crippen LogP) is 1.68. The van der Waals surface area contributed by atoms with Crippen molar-refractivity contribution in [2.75, 3.05) is 0 Å². The quantitative estimate of drug-likeness (QED) is 0.689. The zero-order valence-corrected chi connectivity index (χ0v) is 9.05. The van der Waals surface area contributed by atoms with Gasteiger partial charge in [-0.1, -0.05) is 0 Å². The van der Waals surface area contributed by atoms with E-state index in [2.05, 4.69) is 4.72 Å². The third-order valence-corrected chi connectivity index (χ3v) is 4.95. The van der Waals surface area contributed by atoms with Gasteiger partial charge in [-0.25, -0.2) is 8.93 Å². The normalized spacial score (nSPS) is 52.2. The largest absolute Gasteiger partial charge is 0.294 e. The highest BCUT2D eigenvalue weighted by atomic mass is 32.2. The van der Waals surface area contributed by atoms with E-state index in [0.717, 1.165) is 37.0 Å². The molecule has 0 amide bonds. The molecule has 4 aliphatic rings. The van der Waals surface area contributed by atoms with Gasteiger partial charge in [0, 0.05) is 5.54 Å². The number of nitrogens with one attached hydrogen (secondary N) is 1. The monoisotopic (exact) mass is 215 g/mol. The lowest BCUT2D eigenvalue weighted by molar-refractivity contribution is -0.00824. The minimum absolute atomic E-state index is 0.0222. The van der Waals surface area contributed by atoms with Gasteiger partial charge >= 0.3 is 0 Å². The van der Waals surface area contributed by atoms with Gasteiger partial charge in [-0.2, -0.15) is 0 Å². The summed E-state index contributed by atoms with van der Waals surface area (Å²) in [5, 5.41) is 0. The molecule has 0 aromatic rings. The Labute approximate surface area is 87.1 Å². The Bertz CT molecular complexity index is 244. The van der Waals surface area contributed by atoms with Crippen molar-refractivity contribution in [3.8, 4) is 0 Å². The maximum Gasteiger partial charge on any atom is 0.232 e. The van der Waals surface area contributed by atoms with Crippen molar-refractivity contribution in [3.05, 3.63) is 0 Å². The van der Waals surface area contributed by atoms with E-state index in [-0.39, 0.29) is 5.54 Å². The molecule has 4 bridgehead atoms. The van der Waals surface area contributed by atoms with Crippen molar-refractivity contribution in [3.63, 3.8) is 0 Å². The van der Waals surface area contributed by atoms with Crippen LogP contribution in [0.3, 0.4) is 0 Å². The fourth-order valence-corrected chi connectivity index (χ4v) is 5.04. The van der Waals surface area contributed by atoms with Gasteiger partial charge in [0.05, 0.1) is 0 Å². The van der Waals surface area contributed by atoms with Gasteiger partial charge < -0.3 is 0 Å². The second-order valence-corrected chi connectivity index (χ2v) is 6.25. The van der Waals surface area contributed by atoms with E-state index in [4.69, 9.17) is 4.55 Å². The molecule has 0 aromatic carbocycles. The Balaban J connectivity index is 1.83. The molecular weight excluding hydrogens is 198 g/mol. The molecule has 0 aromatic heterocycles. The third kappa shape index (κ3) is 1.44. The maximum atomic E-state index is 10.9. The molecule has 14 heavy (non-hydrogen) atoms. The molecule has 0 spiro atoms. The standard InChI is InChI=1S/C10H17NO2S/c12-14(13)11-10-4-7-1-8(5-10)3-9(2-7)6-10/h7-9,11H,1-6H2,(H,12,13). The van der Waals surface area contributed by atoms with Crippen LogP contribution in [0.25, 0.3) is 0 Å². The smallest absolute Gasteiger partial charge is 0.232 e. The molecule has 4 saturated carbocycles. The third-order valence-electron chi connectivity index (χ3n) is 4.34. The minimum Gasteiger partial charge on any atom is -0.294 e. The van der Waals surface area contributed by atoms with Crippen LogP contribution >= 0.6 is 0 Å². The molecule has 3 nitrogen and oxygen atoms in total. The number of rotatable bonds is 2. The van der Waals surface area contributed by atoms with Crippen molar-refractivity contribution in [1.82, 2.24) is 4.72 Å². The van der Waals surface area contributed by atoms with Gasteiger partial charge in [0.25, 0.3) is 0 Å². The summed E-state index contributed by atoms with van der Waals surface area (Å²) < 4.78 is 22.8. The van der Waals surface area contributed by atoms with E-state index in [1.54, 1.807) is 0 Å². The van der Waals surface area contributed by atoms with E-state index in [9.17, 15) is 4.21 Å². The summed E-state index contributed by atoms with van der Waals surface area (Å²) >= 11 is -1.83. The number of hydrogen-bond donors (Lipinski definition) is 2. The van der Waals surface area contributed by atoms with Crippen LogP contribution < -0.4 is 4.72 Å². The van der Waals surface area contributed by atoms with Crippen LogP contribution in [0.1, 0.15) is 38.5 Å². The second kappa shape index (κ2) is 3.03. The Morgan fingerprint density at radius 2 is 1.50 bits per heavy atom. The highest BCUT2D eigenvalue weighted by Gasteiger charge is 2.51. The van der Waals surface area contributed by atoms with E-state index < -0.39 is 11.3 Å². The summed E-state index contributed by atoms with van der Waals surface area (Å²) in [6.07, 6.45) is 7.51. The second-order valence-electron chi connectivity index (χ2n) is 5.55. The first-order valence-corrected chi connectivity index (χ1v) is 6.64. The summed E-state index contributed by atoms with van der Waals surface area (Å²) in [4.78, 5) is 0. The highest BCUT2D eigenvalue weighted by Crippen LogP contribution is 2.55. The minimum atomic E-state index is -1.83. The van der Waals surface area contributed by atoms with Crippen molar-refractivity contribution in [2.45, 2.75) is 44.1 Å². The Kier molecular flexibility index (Phi) is 2.01. The molecular formula is C10H17NO2S. The summed E-state index contributed by atoms with van der Waals surface area (Å²) in [5.41, 5.74) is 0.0222. The van der Waals surface area contributed by atoms with Gasteiger partial charge in [-0.05, 0) is 56.3 Å². The molecule has 1 unspecified atom stereocenters. The van der Waals surface area contributed by atoms with Crippen molar-refractivity contribution < 1.29 is 8.76 Å².